The average molecular weight is 206 g/mol. The second kappa shape index (κ2) is 3.93. The van der Waals surface area contributed by atoms with Gasteiger partial charge in [-0.25, -0.2) is 0 Å². The number of halogens is 3. The molecule has 0 saturated heterocycles. The van der Waals surface area contributed by atoms with Crippen LogP contribution in [0.1, 0.15) is 17.3 Å². The number of hydrogen-bond donors (Lipinski definition) is 2. The number of pyridine rings is 1. The van der Waals surface area contributed by atoms with Gasteiger partial charge in [-0.1, -0.05) is 0 Å². The molecule has 14 heavy (non-hydrogen) atoms. The molecule has 0 aliphatic heterocycles. The van der Waals surface area contributed by atoms with Crippen LogP contribution in [-0.2, 0) is 6.61 Å². The Kier molecular flexibility index (Phi) is 3.07. The van der Waals surface area contributed by atoms with E-state index in [9.17, 15) is 13.2 Å². The van der Waals surface area contributed by atoms with E-state index < -0.39 is 12.2 Å². The Bertz CT molecular complexity index is 314. The van der Waals surface area contributed by atoms with Gasteiger partial charge in [-0.15, -0.1) is 0 Å². The SMILES string of the molecule is NC(c1cc(CO)ccn1)C(F)(F)F. The van der Waals surface area contributed by atoms with Crippen molar-refractivity contribution in [2.24, 2.45) is 5.73 Å². The van der Waals surface area contributed by atoms with Gasteiger partial charge in [0.25, 0.3) is 0 Å². The van der Waals surface area contributed by atoms with Crippen molar-refractivity contribution in [3.8, 4) is 0 Å². The summed E-state index contributed by atoms with van der Waals surface area (Å²) in [7, 11) is 0. The van der Waals surface area contributed by atoms with Crippen LogP contribution in [-0.4, -0.2) is 16.3 Å². The van der Waals surface area contributed by atoms with Crippen LogP contribution in [0.3, 0.4) is 0 Å². The van der Waals surface area contributed by atoms with E-state index in [1.165, 1.54) is 12.3 Å². The van der Waals surface area contributed by atoms with Gasteiger partial charge in [0.15, 0.2) is 0 Å². The van der Waals surface area contributed by atoms with E-state index in [4.69, 9.17) is 10.8 Å². The molecule has 0 bridgehead atoms. The molecule has 0 radical (unpaired) electrons. The van der Waals surface area contributed by atoms with Crippen LogP contribution in [0.25, 0.3) is 0 Å². The molecule has 0 aliphatic carbocycles. The van der Waals surface area contributed by atoms with Crippen molar-refractivity contribution < 1.29 is 18.3 Å². The van der Waals surface area contributed by atoms with E-state index in [1.54, 1.807) is 0 Å². The molecule has 78 valence electrons. The van der Waals surface area contributed by atoms with Crippen LogP contribution in [0.2, 0.25) is 0 Å². The van der Waals surface area contributed by atoms with Gasteiger partial charge in [0, 0.05) is 6.20 Å². The molecule has 1 rings (SSSR count). The largest absolute Gasteiger partial charge is 0.409 e. The smallest absolute Gasteiger partial charge is 0.392 e. The summed E-state index contributed by atoms with van der Waals surface area (Å²) < 4.78 is 36.4. The van der Waals surface area contributed by atoms with E-state index in [0.29, 0.717) is 5.56 Å². The number of aliphatic hydroxyl groups is 1. The zero-order chi connectivity index (χ0) is 10.8. The molecule has 3 nitrogen and oxygen atoms in total. The minimum absolute atomic E-state index is 0.288. The molecular formula is C8H9F3N2O. The Morgan fingerprint density at radius 1 is 1.50 bits per heavy atom. The van der Waals surface area contributed by atoms with Crippen molar-refractivity contribution >= 4 is 0 Å². The Labute approximate surface area is 78.4 Å². The number of nitrogens with zero attached hydrogens (tertiary/aromatic N) is 1. The molecule has 6 heteroatoms. The lowest BCUT2D eigenvalue weighted by Crippen LogP contribution is -2.29. The van der Waals surface area contributed by atoms with Crippen LogP contribution in [0, 0.1) is 0 Å². The van der Waals surface area contributed by atoms with Crippen molar-refractivity contribution in [1.82, 2.24) is 4.98 Å². The fraction of sp³-hybridized carbons (Fsp3) is 0.375. The lowest BCUT2D eigenvalue weighted by molar-refractivity contribution is -0.150. The maximum absolute atomic E-state index is 12.1. The van der Waals surface area contributed by atoms with Crippen molar-refractivity contribution in [3.63, 3.8) is 0 Å². The number of alkyl halides is 3. The summed E-state index contributed by atoms with van der Waals surface area (Å²) in [6.07, 6.45) is -3.33. The first-order valence-corrected chi connectivity index (χ1v) is 3.83. The third kappa shape index (κ3) is 2.43. The van der Waals surface area contributed by atoms with E-state index in [0.717, 1.165) is 6.07 Å². The molecule has 0 aliphatic rings. The summed E-state index contributed by atoms with van der Waals surface area (Å²) >= 11 is 0. The van der Waals surface area contributed by atoms with E-state index in [-0.39, 0.29) is 12.3 Å². The van der Waals surface area contributed by atoms with Gasteiger partial charge >= 0.3 is 6.18 Å². The number of hydrogen-bond acceptors (Lipinski definition) is 3. The van der Waals surface area contributed by atoms with Gasteiger partial charge < -0.3 is 10.8 Å². The summed E-state index contributed by atoms with van der Waals surface area (Å²) in [4.78, 5) is 3.50. The number of aliphatic hydroxyl groups excluding tert-OH is 1. The maximum Gasteiger partial charge on any atom is 0.409 e. The average Bonchev–Trinajstić information content (AvgIpc) is 2.15. The van der Waals surface area contributed by atoms with Gasteiger partial charge in [0.1, 0.15) is 6.04 Å². The van der Waals surface area contributed by atoms with Crippen LogP contribution >= 0.6 is 0 Å². The lowest BCUT2D eigenvalue weighted by atomic mass is 10.1. The highest BCUT2D eigenvalue weighted by Gasteiger charge is 2.38. The summed E-state index contributed by atoms with van der Waals surface area (Å²) in [5, 5.41) is 8.70. The van der Waals surface area contributed by atoms with Gasteiger partial charge in [0.2, 0.25) is 0 Å². The van der Waals surface area contributed by atoms with E-state index >= 15 is 0 Å². The summed E-state index contributed by atoms with van der Waals surface area (Å²) in [6, 6.07) is 0.457. The zero-order valence-electron chi connectivity index (χ0n) is 7.12. The van der Waals surface area contributed by atoms with Crippen LogP contribution in [0.5, 0.6) is 0 Å². The first kappa shape index (κ1) is 10.9. The molecule has 1 aromatic rings. The first-order valence-electron chi connectivity index (χ1n) is 3.83. The van der Waals surface area contributed by atoms with Crippen LogP contribution < -0.4 is 5.73 Å². The Hall–Kier alpha value is -1.14. The molecule has 1 aromatic heterocycles. The third-order valence-electron chi connectivity index (χ3n) is 1.70. The monoisotopic (exact) mass is 206 g/mol. The van der Waals surface area contributed by atoms with Gasteiger partial charge in [-0.2, -0.15) is 13.2 Å². The summed E-state index contributed by atoms with van der Waals surface area (Å²) in [5.41, 5.74) is 4.99. The fourth-order valence-corrected chi connectivity index (χ4v) is 0.931. The Morgan fingerprint density at radius 3 is 2.64 bits per heavy atom. The van der Waals surface area contributed by atoms with Crippen molar-refractivity contribution in [2.75, 3.05) is 0 Å². The Balaban J connectivity index is 2.95. The Morgan fingerprint density at radius 2 is 2.14 bits per heavy atom. The molecule has 0 fully saturated rings. The number of nitrogens with two attached hydrogens (primary N) is 1. The minimum atomic E-state index is -4.51. The predicted molar refractivity (Wildman–Crippen MR) is 43.1 cm³/mol. The second-order valence-corrected chi connectivity index (χ2v) is 2.77. The molecule has 0 spiro atoms. The quantitative estimate of drug-likeness (QED) is 0.762. The molecule has 3 N–H and O–H groups in total. The predicted octanol–water partition coefficient (Wildman–Crippen LogP) is 1.14. The summed E-state index contributed by atoms with van der Waals surface area (Å²) in [5.74, 6) is 0. The minimum Gasteiger partial charge on any atom is -0.392 e. The maximum atomic E-state index is 12.1. The molecule has 0 aromatic carbocycles. The van der Waals surface area contributed by atoms with Crippen LogP contribution in [0.4, 0.5) is 13.2 Å². The first-order chi connectivity index (χ1) is 6.45. The molecule has 1 unspecified atom stereocenters. The fourth-order valence-electron chi connectivity index (χ4n) is 0.931. The highest BCUT2D eigenvalue weighted by molar-refractivity contribution is 5.18. The lowest BCUT2D eigenvalue weighted by Gasteiger charge is -2.15. The van der Waals surface area contributed by atoms with Crippen molar-refractivity contribution in [2.45, 2.75) is 18.8 Å². The zero-order valence-corrected chi connectivity index (χ0v) is 7.12. The van der Waals surface area contributed by atoms with E-state index in [1.807, 2.05) is 0 Å². The molecule has 0 amide bonds. The second-order valence-electron chi connectivity index (χ2n) is 2.77. The molecule has 1 heterocycles. The highest BCUT2D eigenvalue weighted by atomic mass is 19.4. The van der Waals surface area contributed by atoms with Gasteiger partial charge in [-0.3, -0.25) is 4.98 Å². The van der Waals surface area contributed by atoms with Crippen molar-refractivity contribution in [1.29, 1.82) is 0 Å². The molecule has 1 atom stereocenters. The number of rotatable bonds is 2. The third-order valence-corrected chi connectivity index (χ3v) is 1.70. The summed E-state index contributed by atoms with van der Waals surface area (Å²) in [6.45, 7) is -0.333. The normalized spacial score (nSPS) is 14.1. The number of aromatic nitrogens is 1. The standard InChI is InChI=1S/C8H9F3N2O/c9-8(10,11)7(12)6-3-5(4-14)1-2-13-6/h1-3,7,14H,4,12H2. The van der Waals surface area contributed by atoms with Crippen LogP contribution in [0.15, 0.2) is 18.3 Å². The van der Waals surface area contributed by atoms with Crippen molar-refractivity contribution in [3.05, 3.63) is 29.6 Å². The highest BCUT2D eigenvalue weighted by Crippen LogP contribution is 2.29. The van der Waals surface area contributed by atoms with Gasteiger partial charge in [0.05, 0.1) is 12.3 Å². The van der Waals surface area contributed by atoms with Gasteiger partial charge in [-0.05, 0) is 17.7 Å². The molecule has 0 saturated carbocycles. The topological polar surface area (TPSA) is 59.1 Å². The van der Waals surface area contributed by atoms with E-state index in [2.05, 4.69) is 4.98 Å². The molecular weight excluding hydrogens is 197 g/mol.